The van der Waals surface area contributed by atoms with Crippen LogP contribution in [0, 0.1) is 5.92 Å². The van der Waals surface area contributed by atoms with E-state index in [9.17, 15) is 0 Å². The Hall–Kier alpha value is -3.62. The second-order valence-corrected chi connectivity index (χ2v) is 7.96. The second-order valence-electron chi connectivity index (χ2n) is 7.96. The summed E-state index contributed by atoms with van der Waals surface area (Å²) in [6, 6.07) is 7.45. The number of benzene rings is 1. The zero-order valence-electron chi connectivity index (χ0n) is 19.3. The van der Waals surface area contributed by atoms with Crippen LogP contribution in [0.25, 0.3) is 11.4 Å². The Kier molecular flexibility index (Phi) is 7.39. The van der Waals surface area contributed by atoms with E-state index in [2.05, 4.69) is 30.6 Å². The van der Waals surface area contributed by atoms with E-state index in [-0.39, 0.29) is 0 Å². The van der Waals surface area contributed by atoms with Crippen molar-refractivity contribution in [3.63, 3.8) is 0 Å². The predicted octanol–water partition coefficient (Wildman–Crippen LogP) is 4.70. The van der Waals surface area contributed by atoms with Crippen molar-refractivity contribution in [3.05, 3.63) is 36.8 Å². The third-order valence-electron chi connectivity index (χ3n) is 5.82. The van der Waals surface area contributed by atoms with Crippen LogP contribution in [-0.4, -0.2) is 47.8 Å². The average molecular weight is 451 g/mol. The highest BCUT2D eigenvalue weighted by atomic mass is 16.5. The number of ether oxygens (including phenoxy) is 3. The van der Waals surface area contributed by atoms with Crippen LogP contribution in [0.2, 0.25) is 0 Å². The number of methoxy groups -OCH3 is 3. The summed E-state index contributed by atoms with van der Waals surface area (Å²) in [6.45, 7) is 0.908. The van der Waals surface area contributed by atoms with Gasteiger partial charge in [-0.25, -0.2) is 15.0 Å². The average Bonchev–Trinajstić information content (AvgIpc) is 2.87. The largest absolute Gasteiger partial charge is 0.493 e. The number of nitrogens with one attached hydrogen (secondary N) is 2. The highest BCUT2D eigenvalue weighted by molar-refractivity contribution is 5.71. The van der Waals surface area contributed by atoms with Crippen molar-refractivity contribution in [1.82, 2.24) is 19.9 Å². The molecule has 0 amide bonds. The van der Waals surface area contributed by atoms with Crippen LogP contribution in [0.4, 0.5) is 17.5 Å². The SMILES string of the molecule is COc1cc(Nc2ncnc(-c3cccnc3NCC3CCCCC3)n2)cc(OC)c1OC. The van der Waals surface area contributed by atoms with Crippen LogP contribution in [-0.2, 0) is 0 Å². The molecule has 0 spiro atoms. The van der Waals surface area contributed by atoms with Gasteiger partial charge in [0.2, 0.25) is 11.7 Å². The smallest absolute Gasteiger partial charge is 0.230 e. The molecule has 2 N–H and O–H groups in total. The number of aromatic nitrogens is 4. The summed E-state index contributed by atoms with van der Waals surface area (Å²) in [7, 11) is 4.72. The van der Waals surface area contributed by atoms with Gasteiger partial charge >= 0.3 is 0 Å². The van der Waals surface area contributed by atoms with Gasteiger partial charge in [0.25, 0.3) is 0 Å². The van der Waals surface area contributed by atoms with Crippen LogP contribution in [0.15, 0.2) is 36.8 Å². The Labute approximate surface area is 194 Å². The van der Waals surface area contributed by atoms with Gasteiger partial charge in [-0.1, -0.05) is 19.3 Å². The van der Waals surface area contributed by atoms with Crippen LogP contribution in [0.3, 0.4) is 0 Å². The van der Waals surface area contributed by atoms with Crippen LogP contribution < -0.4 is 24.8 Å². The standard InChI is InChI=1S/C24H30N6O3/c1-31-19-12-17(13-20(32-2)21(19)33-3)29-24-28-15-27-23(30-24)18-10-7-11-25-22(18)26-14-16-8-5-4-6-9-16/h7,10-13,15-16H,4-6,8-9,14H2,1-3H3,(H,25,26)(H,27,28,29,30). The van der Waals surface area contributed by atoms with E-state index in [4.69, 9.17) is 14.2 Å². The number of hydrogen-bond donors (Lipinski definition) is 2. The Morgan fingerprint density at radius 2 is 1.70 bits per heavy atom. The van der Waals surface area contributed by atoms with Crippen molar-refractivity contribution in [2.24, 2.45) is 5.92 Å². The molecule has 0 atom stereocenters. The molecule has 1 aliphatic carbocycles. The van der Waals surface area contributed by atoms with Gasteiger partial charge in [0.15, 0.2) is 17.3 Å². The fourth-order valence-electron chi connectivity index (χ4n) is 4.13. The zero-order chi connectivity index (χ0) is 23.0. The first-order valence-corrected chi connectivity index (χ1v) is 11.2. The molecule has 0 radical (unpaired) electrons. The molecule has 4 rings (SSSR count). The highest BCUT2D eigenvalue weighted by Gasteiger charge is 2.17. The molecule has 1 aliphatic rings. The molecular formula is C24H30N6O3. The quantitative estimate of drug-likeness (QED) is 0.480. The van der Waals surface area contributed by atoms with Crippen LogP contribution in [0.5, 0.6) is 17.2 Å². The van der Waals surface area contributed by atoms with E-state index < -0.39 is 0 Å². The number of pyridine rings is 1. The van der Waals surface area contributed by atoms with Crippen molar-refractivity contribution >= 4 is 17.5 Å². The molecular weight excluding hydrogens is 420 g/mol. The fraction of sp³-hybridized carbons (Fsp3) is 0.417. The first-order chi connectivity index (χ1) is 16.2. The van der Waals surface area contributed by atoms with Crippen molar-refractivity contribution in [2.45, 2.75) is 32.1 Å². The molecule has 3 aromatic rings. The molecule has 0 aliphatic heterocycles. The van der Waals surface area contributed by atoms with E-state index in [0.717, 1.165) is 17.9 Å². The molecule has 1 fully saturated rings. The molecule has 0 bridgehead atoms. The summed E-state index contributed by atoms with van der Waals surface area (Å²) in [4.78, 5) is 17.8. The molecule has 9 nitrogen and oxygen atoms in total. The van der Waals surface area contributed by atoms with Crippen molar-refractivity contribution < 1.29 is 14.2 Å². The van der Waals surface area contributed by atoms with Gasteiger partial charge in [-0.3, -0.25) is 0 Å². The first kappa shape index (κ1) is 22.6. The minimum absolute atomic E-state index is 0.399. The normalized spacial score (nSPS) is 13.9. The van der Waals surface area contributed by atoms with Crippen LogP contribution in [0.1, 0.15) is 32.1 Å². The Morgan fingerprint density at radius 1 is 0.939 bits per heavy atom. The van der Waals surface area contributed by atoms with E-state index >= 15 is 0 Å². The third kappa shape index (κ3) is 5.42. The van der Waals surface area contributed by atoms with Crippen molar-refractivity contribution in [1.29, 1.82) is 0 Å². The summed E-state index contributed by atoms with van der Waals surface area (Å²) < 4.78 is 16.2. The maximum Gasteiger partial charge on any atom is 0.230 e. The zero-order valence-corrected chi connectivity index (χ0v) is 19.3. The van der Waals surface area contributed by atoms with Crippen LogP contribution >= 0.6 is 0 Å². The maximum absolute atomic E-state index is 5.43. The second kappa shape index (κ2) is 10.8. The fourth-order valence-corrected chi connectivity index (χ4v) is 4.13. The highest BCUT2D eigenvalue weighted by Crippen LogP contribution is 2.40. The number of rotatable bonds is 9. The summed E-state index contributed by atoms with van der Waals surface area (Å²) >= 11 is 0. The summed E-state index contributed by atoms with van der Waals surface area (Å²) in [5.41, 5.74) is 1.53. The molecule has 9 heteroatoms. The van der Waals surface area contributed by atoms with Crippen molar-refractivity contribution in [2.75, 3.05) is 38.5 Å². The Morgan fingerprint density at radius 3 is 2.39 bits per heavy atom. The van der Waals surface area contributed by atoms with Gasteiger partial charge in [-0.15, -0.1) is 0 Å². The van der Waals surface area contributed by atoms with E-state index in [1.54, 1.807) is 39.7 Å². The number of nitrogens with zero attached hydrogens (tertiary/aromatic N) is 4. The predicted molar refractivity (Wildman–Crippen MR) is 128 cm³/mol. The summed E-state index contributed by atoms with van der Waals surface area (Å²) in [5, 5.41) is 6.71. The first-order valence-electron chi connectivity index (χ1n) is 11.2. The Bertz CT molecular complexity index is 1050. The number of hydrogen-bond acceptors (Lipinski definition) is 9. The van der Waals surface area contributed by atoms with Gasteiger partial charge in [0.05, 0.1) is 26.9 Å². The molecule has 0 saturated heterocycles. The van der Waals surface area contributed by atoms with E-state index in [1.165, 1.54) is 38.4 Å². The lowest BCUT2D eigenvalue weighted by molar-refractivity contribution is 0.324. The lowest BCUT2D eigenvalue weighted by Gasteiger charge is -2.22. The van der Waals surface area contributed by atoms with Crippen molar-refractivity contribution in [3.8, 4) is 28.6 Å². The molecule has 33 heavy (non-hydrogen) atoms. The minimum atomic E-state index is 0.399. The molecule has 2 aromatic heterocycles. The number of anilines is 3. The maximum atomic E-state index is 5.43. The summed E-state index contributed by atoms with van der Waals surface area (Å²) in [5.74, 6) is 4.00. The van der Waals surface area contributed by atoms with E-state index in [0.29, 0.717) is 40.6 Å². The van der Waals surface area contributed by atoms with Gasteiger partial charge in [-0.05, 0) is 30.9 Å². The molecule has 174 valence electrons. The summed E-state index contributed by atoms with van der Waals surface area (Å²) in [6.07, 6.45) is 9.77. The molecule has 1 aromatic carbocycles. The lowest BCUT2D eigenvalue weighted by atomic mass is 9.89. The topological polar surface area (TPSA) is 103 Å². The van der Waals surface area contributed by atoms with E-state index in [1.807, 2.05) is 12.1 Å². The lowest BCUT2D eigenvalue weighted by Crippen LogP contribution is -2.18. The van der Waals surface area contributed by atoms with Gasteiger partial charge in [-0.2, -0.15) is 4.98 Å². The van der Waals surface area contributed by atoms with Gasteiger partial charge < -0.3 is 24.8 Å². The molecule has 1 saturated carbocycles. The van der Waals surface area contributed by atoms with Gasteiger partial charge in [0, 0.05) is 30.6 Å². The molecule has 2 heterocycles. The monoisotopic (exact) mass is 450 g/mol. The Balaban J connectivity index is 1.55. The third-order valence-corrected chi connectivity index (χ3v) is 5.82. The van der Waals surface area contributed by atoms with Gasteiger partial charge in [0.1, 0.15) is 12.1 Å². The molecule has 0 unspecified atom stereocenters. The minimum Gasteiger partial charge on any atom is -0.493 e.